The molecule has 0 radical (unpaired) electrons. The molecule has 0 fully saturated rings. The second-order valence-electron chi connectivity index (χ2n) is 6.85. The zero-order valence-electron chi connectivity index (χ0n) is 16.4. The first-order valence-corrected chi connectivity index (χ1v) is 11.1. The molecule has 2 rings (SSSR count). The topological polar surface area (TPSA) is 58.6 Å². The Morgan fingerprint density at radius 1 is 1.14 bits per heavy atom. The minimum Gasteiger partial charge on any atom is -0.483 e. The highest BCUT2D eigenvalue weighted by Gasteiger charge is 2.27. The van der Waals surface area contributed by atoms with E-state index in [4.69, 9.17) is 16.3 Å². The van der Waals surface area contributed by atoms with E-state index in [9.17, 15) is 9.59 Å². The van der Waals surface area contributed by atoms with Gasteiger partial charge in [0, 0.05) is 22.1 Å². The molecule has 0 aliphatic carbocycles. The number of amides is 2. The van der Waals surface area contributed by atoms with Gasteiger partial charge in [-0.3, -0.25) is 9.59 Å². The van der Waals surface area contributed by atoms with Crippen molar-refractivity contribution in [2.75, 3.05) is 6.61 Å². The number of nitrogens with one attached hydrogen (secondary N) is 1. The Kier molecular flexibility index (Phi) is 8.99. The molecule has 2 aromatic rings. The van der Waals surface area contributed by atoms with E-state index >= 15 is 0 Å². The number of hydrogen-bond donors (Lipinski definition) is 1. The van der Waals surface area contributed by atoms with E-state index < -0.39 is 6.04 Å². The number of ether oxygens (including phenoxy) is 1. The van der Waals surface area contributed by atoms with Crippen molar-refractivity contribution in [2.24, 2.45) is 0 Å². The summed E-state index contributed by atoms with van der Waals surface area (Å²) >= 11 is 12.8. The molecule has 156 valence electrons. The van der Waals surface area contributed by atoms with Gasteiger partial charge in [-0.2, -0.15) is 0 Å². The summed E-state index contributed by atoms with van der Waals surface area (Å²) < 4.78 is 7.23. The molecular formula is C21H23Br2ClN2O3. The van der Waals surface area contributed by atoms with Gasteiger partial charge >= 0.3 is 0 Å². The van der Waals surface area contributed by atoms with Crippen LogP contribution in [0.3, 0.4) is 0 Å². The average Bonchev–Trinajstić information content (AvgIpc) is 2.64. The first-order valence-electron chi connectivity index (χ1n) is 9.09. The van der Waals surface area contributed by atoms with Gasteiger partial charge in [-0.05, 0) is 72.6 Å². The summed E-state index contributed by atoms with van der Waals surface area (Å²) in [5.41, 5.74) is 0.907. The predicted molar refractivity (Wildman–Crippen MR) is 122 cm³/mol. The minimum atomic E-state index is -0.652. The lowest BCUT2D eigenvalue weighted by molar-refractivity contribution is -0.142. The SMILES string of the molecule is CC(C)NC(=O)C(C)N(Cc1cccc(Br)c1)C(=O)COc1ccc(Cl)cc1Br. The Morgan fingerprint density at radius 2 is 1.86 bits per heavy atom. The first kappa shape index (κ1) is 23.7. The normalized spacial score (nSPS) is 11.8. The average molecular weight is 547 g/mol. The second kappa shape index (κ2) is 11.0. The van der Waals surface area contributed by atoms with Gasteiger partial charge in [0.15, 0.2) is 6.61 Å². The van der Waals surface area contributed by atoms with E-state index in [0.717, 1.165) is 10.0 Å². The van der Waals surface area contributed by atoms with Crippen LogP contribution >= 0.6 is 43.5 Å². The lowest BCUT2D eigenvalue weighted by Gasteiger charge is -2.29. The maximum atomic E-state index is 13.0. The van der Waals surface area contributed by atoms with Gasteiger partial charge in [0.25, 0.3) is 5.91 Å². The summed E-state index contributed by atoms with van der Waals surface area (Å²) in [5.74, 6) is -0.00121. The van der Waals surface area contributed by atoms with Gasteiger partial charge in [0.1, 0.15) is 11.8 Å². The molecule has 2 aromatic carbocycles. The molecule has 0 saturated heterocycles. The molecule has 2 amide bonds. The van der Waals surface area contributed by atoms with Crippen LogP contribution in [0.1, 0.15) is 26.3 Å². The molecule has 8 heteroatoms. The van der Waals surface area contributed by atoms with Crippen LogP contribution in [0.5, 0.6) is 5.75 Å². The van der Waals surface area contributed by atoms with Crippen LogP contribution in [-0.4, -0.2) is 35.4 Å². The Hall–Kier alpha value is -1.57. The summed E-state index contributed by atoms with van der Waals surface area (Å²) in [5, 5.41) is 3.42. The highest BCUT2D eigenvalue weighted by molar-refractivity contribution is 9.10. The molecule has 0 bridgehead atoms. The van der Waals surface area contributed by atoms with Gasteiger partial charge in [0.2, 0.25) is 5.91 Å². The van der Waals surface area contributed by atoms with E-state index in [1.54, 1.807) is 25.1 Å². The highest BCUT2D eigenvalue weighted by Crippen LogP contribution is 2.28. The van der Waals surface area contributed by atoms with Crippen LogP contribution < -0.4 is 10.1 Å². The molecule has 0 aliphatic rings. The maximum absolute atomic E-state index is 13.0. The lowest BCUT2D eigenvalue weighted by atomic mass is 10.1. The zero-order chi connectivity index (χ0) is 21.6. The Balaban J connectivity index is 2.17. The quantitative estimate of drug-likeness (QED) is 0.496. The van der Waals surface area contributed by atoms with Crippen molar-refractivity contribution in [3.8, 4) is 5.75 Å². The molecule has 1 unspecified atom stereocenters. The van der Waals surface area contributed by atoms with Crippen LogP contribution in [0.15, 0.2) is 51.4 Å². The molecule has 29 heavy (non-hydrogen) atoms. The molecule has 5 nitrogen and oxygen atoms in total. The van der Waals surface area contributed by atoms with Crippen molar-refractivity contribution in [1.29, 1.82) is 0 Å². The predicted octanol–water partition coefficient (Wildman–Crippen LogP) is 5.19. The van der Waals surface area contributed by atoms with Crippen molar-refractivity contribution in [3.63, 3.8) is 0 Å². The van der Waals surface area contributed by atoms with Crippen LogP contribution in [0.2, 0.25) is 5.02 Å². The third kappa shape index (κ3) is 7.32. The Morgan fingerprint density at radius 3 is 2.48 bits per heavy atom. The van der Waals surface area contributed by atoms with Crippen molar-refractivity contribution in [3.05, 3.63) is 62.0 Å². The van der Waals surface area contributed by atoms with Gasteiger partial charge in [-0.15, -0.1) is 0 Å². The van der Waals surface area contributed by atoms with Crippen molar-refractivity contribution in [2.45, 2.75) is 39.4 Å². The zero-order valence-corrected chi connectivity index (χ0v) is 20.3. The molecule has 0 aliphatic heterocycles. The summed E-state index contributed by atoms with van der Waals surface area (Å²) in [6, 6.07) is 12.0. The van der Waals surface area contributed by atoms with E-state index in [-0.39, 0.29) is 31.0 Å². The van der Waals surface area contributed by atoms with Gasteiger partial charge in [-0.25, -0.2) is 0 Å². The molecule has 1 N–H and O–H groups in total. The fraction of sp³-hybridized carbons (Fsp3) is 0.333. The standard InChI is InChI=1S/C21H23Br2ClN2O3/c1-13(2)25-21(28)14(3)26(11-15-5-4-6-16(22)9-15)20(27)12-29-19-8-7-17(24)10-18(19)23/h4-10,13-14H,11-12H2,1-3H3,(H,25,28). The third-order valence-corrected chi connectivity index (χ3v) is 5.43. The summed E-state index contributed by atoms with van der Waals surface area (Å²) in [7, 11) is 0. The summed E-state index contributed by atoms with van der Waals surface area (Å²) in [6.07, 6.45) is 0. The van der Waals surface area contributed by atoms with E-state index in [1.165, 1.54) is 4.90 Å². The van der Waals surface area contributed by atoms with E-state index in [0.29, 0.717) is 15.2 Å². The van der Waals surface area contributed by atoms with Crippen molar-refractivity contribution >= 4 is 55.3 Å². The number of rotatable bonds is 8. The number of benzene rings is 2. The molecular weight excluding hydrogens is 524 g/mol. The molecule has 1 atom stereocenters. The summed E-state index contributed by atoms with van der Waals surface area (Å²) in [4.78, 5) is 27.0. The minimum absolute atomic E-state index is 0.0194. The van der Waals surface area contributed by atoms with E-state index in [1.807, 2.05) is 38.1 Å². The van der Waals surface area contributed by atoms with Crippen molar-refractivity contribution < 1.29 is 14.3 Å². The fourth-order valence-electron chi connectivity index (χ4n) is 2.63. The second-order valence-corrected chi connectivity index (χ2v) is 9.06. The fourth-order valence-corrected chi connectivity index (χ4v) is 3.88. The van der Waals surface area contributed by atoms with Gasteiger partial charge in [-0.1, -0.05) is 39.7 Å². The van der Waals surface area contributed by atoms with Crippen LogP contribution in [-0.2, 0) is 16.1 Å². The molecule has 0 saturated carbocycles. The maximum Gasteiger partial charge on any atom is 0.261 e. The van der Waals surface area contributed by atoms with Crippen LogP contribution in [0.4, 0.5) is 0 Å². The van der Waals surface area contributed by atoms with Crippen LogP contribution in [0.25, 0.3) is 0 Å². The Labute approximate surface area is 193 Å². The number of carbonyl (C=O) groups is 2. The number of halogens is 3. The smallest absolute Gasteiger partial charge is 0.261 e. The Bertz CT molecular complexity index is 877. The van der Waals surface area contributed by atoms with Gasteiger partial charge < -0.3 is 15.0 Å². The molecule has 0 aromatic heterocycles. The number of carbonyl (C=O) groups excluding carboxylic acids is 2. The third-order valence-electron chi connectivity index (χ3n) is 4.09. The first-order chi connectivity index (χ1) is 13.7. The number of nitrogens with zero attached hydrogens (tertiary/aromatic N) is 1. The molecule has 0 heterocycles. The van der Waals surface area contributed by atoms with Gasteiger partial charge in [0.05, 0.1) is 4.47 Å². The highest BCUT2D eigenvalue weighted by atomic mass is 79.9. The molecule has 0 spiro atoms. The summed E-state index contributed by atoms with van der Waals surface area (Å²) in [6.45, 7) is 5.56. The number of hydrogen-bond acceptors (Lipinski definition) is 3. The van der Waals surface area contributed by atoms with Crippen molar-refractivity contribution in [1.82, 2.24) is 10.2 Å². The lowest BCUT2D eigenvalue weighted by Crippen LogP contribution is -2.50. The monoisotopic (exact) mass is 544 g/mol. The largest absolute Gasteiger partial charge is 0.483 e. The van der Waals surface area contributed by atoms with E-state index in [2.05, 4.69) is 37.2 Å². The van der Waals surface area contributed by atoms with Crippen LogP contribution in [0, 0.1) is 0 Å².